The Morgan fingerprint density at radius 1 is 1.12 bits per heavy atom. The van der Waals surface area contributed by atoms with E-state index in [1.54, 1.807) is 32.0 Å². The number of benzene rings is 2. The zero-order chi connectivity index (χ0) is 23.8. The first-order valence-corrected chi connectivity index (χ1v) is 12.7. The van der Waals surface area contributed by atoms with Crippen LogP contribution in [0.1, 0.15) is 43.5 Å². The van der Waals surface area contributed by atoms with E-state index in [4.69, 9.17) is 14.2 Å². The lowest BCUT2D eigenvalue weighted by atomic mass is 10.1. The number of sulfonamides is 1. The fraction of sp³-hybridized carbons (Fsp3) is 0.458. The normalized spacial score (nSPS) is 16.4. The highest BCUT2D eigenvalue weighted by atomic mass is 32.2. The molecule has 1 aliphatic rings. The zero-order valence-electron chi connectivity index (χ0n) is 19.4. The van der Waals surface area contributed by atoms with E-state index in [1.807, 2.05) is 6.07 Å². The van der Waals surface area contributed by atoms with E-state index in [9.17, 15) is 13.2 Å². The van der Waals surface area contributed by atoms with Crippen molar-refractivity contribution in [3.63, 3.8) is 0 Å². The third-order valence-electron chi connectivity index (χ3n) is 5.58. The molecule has 180 valence electrons. The summed E-state index contributed by atoms with van der Waals surface area (Å²) in [6.45, 7) is 5.30. The van der Waals surface area contributed by atoms with E-state index < -0.39 is 15.9 Å². The zero-order valence-corrected chi connectivity index (χ0v) is 20.2. The van der Waals surface area contributed by atoms with E-state index >= 15 is 0 Å². The Bertz CT molecular complexity index is 1050. The molecule has 0 radical (unpaired) electrons. The van der Waals surface area contributed by atoms with Gasteiger partial charge in [0.25, 0.3) is 5.91 Å². The molecule has 0 spiro atoms. The average molecular weight is 477 g/mol. The molecule has 1 amide bonds. The summed E-state index contributed by atoms with van der Waals surface area (Å²) in [5.74, 6) is 0.276. The molecule has 0 aromatic heterocycles. The molecule has 1 heterocycles. The molecule has 8 nitrogen and oxygen atoms in total. The summed E-state index contributed by atoms with van der Waals surface area (Å²) < 4.78 is 44.4. The standard InChI is InChI=1S/C24H32N2O6S/c1-4-26(5-2)33(28,29)23-16-18(13-14-22(23)30-3)24(27)25-20-11-6-7-12-21(20)32-17-19-10-8-9-15-31-19/h6-7,11-14,16,19H,4-5,8-10,15,17H2,1-3H3,(H,25,27). The molecule has 33 heavy (non-hydrogen) atoms. The molecule has 1 unspecified atom stereocenters. The van der Waals surface area contributed by atoms with Gasteiger partial charge in [0.15, 0.2) is 0 Å². The highest BCUT2D eigenvalue weighted by Crippen LogP contribution is 2.30. The Labute approximate surface area is 195 Å². The largest absolute Gasteiger partial charge is 0.495 e. The van der Waals surface area contributed by atoms with Crippen molar-refractivity contribution in [2.24, 2.45) is 0 Å². The van der Waals surface area contributed by atoms with Gasteiger partial charge in [-0.15, -0.1) is 0 Å². The van der Waals surface area contributed by atoms with Gasteiger partial charge in [-0.25, -0.2) is 8.42 Å². The van der Waals surface area contributed by atoms with Crippen LogP contribution in [0.3, 0.4) is 0 Å². The van der Waals surface area contributed by atoms with Crippen molar-refractivity contribution in [2.45, 2.75) is 44.1 Å². The Hall–Kier alpha value is -2.62. The first-order valence-electron chi connectivity index (χ1n) is 11.2. The monoisotopic (exact) mass is 476 g/mol. The summed E-state index contributed by atoms with van der Waals surface area (Å²) in [7, 11) is -2.41. The number of hydrogen-bond acceptors (Lipinski definition) is 6. The predicted molar refractivity (Wildman–Crippen MR) is 127 cm³/mol. The minimum atomic E-state index is -3.81. The quantitative estimate of drug-likeness (QED) is 0.559. The highest BCUT2D eigenvalue weighted by Gasteiger charge is 2.27. The van der Waals surface area contributed by atoms with E-state index in [2.05, 4.69) is 5.32 Å². The summed E-state index contributed by atoms with van der Waals surface area (Å²) in [6.07, 6.45) is 3.17. The fourth-order valence-electron chi connectivity index (χ4n) is 3.73. The van der Waals surface area contributed by atoms with Gasteiger partial charge in [0.2, 0.25) is 10.0 Å². The molecule has 2 aromatic carbocycles. The number of hydrogen-bond donors (Lipinski definition) is 1. The molecule has 0 aliphatic carbocycles. The number of nitrogens with one attached hydrogen (secondary N) is 1. The van der Waals surface area contributed by atoms with Crippen molar-refractivity contribution in [1.29, 1.82) is 0 Å². The number of carbonyl (C=O) groups is 1. The van der Waals surface area contributed by atoms with Crippen LogP contribution in [0.2, 0.25) is 0 Å². The lowest BCUT2D eigenvalue weighted by Gasteiger charge is -2.23. The van der Waals surface area contributed by atoms with Crippen LogP contribution in [-0.2, 0) is 14.8 Å². The van der Waals surface area contributed by atoms with Crippen molar-refractivity contribution in [1.82, 2.24) is 4.31 Å². The van der Waals surface area contributed by atoms with Crippen LogP contribution >= 0.6 is 0 Å². The molecule has 1 saturated heterocycles. The SMILES string of the molecule is CCN(CC)S(=O)(=O)c1cc(C(=O)Nc2ccccc2OCC2CCCCO2)ccc1OC. The van der Waals surface area contributed by atoms with Crippen molar-refractivity contribution < 1.29 is 27.4 Å². The van der Waals surface area contributed by atoms with Crippen molar-refractivity contribution in [2.75, 3.05) is 38.7 Å². The second-order valence-electron chi connectivity index (χ2n) is 7.70. The number of para-hydroxylation sites is 2. The van der Waals surface area contributed by atoms with Gasteiger partial charge in [0.05, 0.1) is 18.9 Å². The van der Waals surface area contributed by atoms with Gasteiger partial charge in [0, 0.05) is 25.3 Å². The first-order chi connectivity index (χ1) is 15.9. The molecular weight excluding hydrogens is 444 g/mol. The van der Waals surface area contributed by atoms with Gasteiger partial charge in [-0.05, 0) is 49.6 Å². The number of nitrogens with zero attached hydrogens (tertiary/aromatic N) is 1. The maximum absolute atomic E-state index is 13.1. The number of methoxy groups -OCH3 is 1. The van der Waals surface area contributed by atoms with Gasteiger partial charge in [-0.2, -0.15) is 4.31 Å². The summed E-state index contributed by atoms with van der Waals surface area (Å²) in [5, 5.41) is 2.83. The van der Waals surface area contributed by atoms with E-state index in [1.165, 1.54) is 29.6 Å². The van der Waals surface area contributed by atoms with Crippen LogP contribution in [0, 0.1) is 0 Å². The number of anilines is 1. The summed E-state index contributed by atoms with van der Waals surface area (Å²) >= 11 is 0. The third kappa shape index (κ3) is 6.04. The highest BCUT2D eigenvalue weighted by molar-refractivity contribution is 7.89. The number of carbonyl (C=O) groups excluding carboxylic acids is 1. The molecular formula is C24H32N2O6S. The van der Waals surface area contributed by atoms with Gasteiger partial charge < -0.3 is 19.5 Å². The second-order valence-corrected chi connectivity index (χ2v) is 9.61. The Balaban J connectivity index is 1.81. The van der Waals surface area contributed by atoms with E-state index in [0.29, 0.717) is 31.1 Å². The molecule has 9 heteroatoms. The molecule has 1 aliphatic heterocycles. The number of amides is 1. The summed E-state index contributed by atoms with van der Waals surface area (Å²) in [4.78, 5) is 13.0. The molecule has 1 atom stereocenters. The molecule has 0 bridgehead atoms. The Morgan fingerprint density at radius 2 is 1.88 bits per heavy atom. The van der Waals surface area contributed by atoms with Crippen molar-refractivity contribution >= 4 is 21.6 Å². The van der Waals surface area contributed by atoms with Gasteiger partial charge in [-0.1, -0.05) is 26.0 Å². The van der Waals surface area contributed by atoms with E-state index in [0.717, 1.165) is 25.9 Å². The van der Waals surface area contributed by atoms with Crippen LogP contribution in [0.4, 0.5) is 5.69 Å². The number of ether oxygens (including phenoxy) is 3. The van der Waals surface area contributed by atoms with Crippen LogP contribution < -0.4 is 14.8 Å². The minimum absolute atomic E-state index is 0.0388. The van der Waals surface area contributed by atoms with Crippen LogP contribution in [-0.4, -0.2) is 58.1 Å². The molecule has 1 N–H and O–H groups in total. The molecule has 2 aromatic rings. The van der Waals surface area contributed by atoms with Crippen LogP contribution in [0.15, 0.2) is 47.4 Å². The van der Waals surface area contributed by atoms with Gasteiger partial charge in [-0.3, -0.25) is 4.79 Å². The van der Waals surface area contributed by atoms with Crippen LogP contribution in [0.25, 0.3) is 0 Å². The number of rotatable bonds is 10. The Morgan fingerprint density at radius 3 is 2.55 bits per heavy atom. The second kappa shape index (κ2) is 11.5. The lowest BCUT2D eigenvalue weighted by Crippen LogP contribution is -2.31. The maximum Gasteiger partial charge on any atom is 0.255 e. The summed E-state index contributed by atoms with van der Waals surface area (Å²) in [6, 6.07) is 11.5. The first kappa shape index (κ1) is 25.0. The van der Waals surface area contributed by atoms with Crippen LogP contribution in [0.5, 0.6) is 11.5 Å². The van der Waals surface area contributed by atoms with Gasteiger partial charge in [0.1, 0.15) is 23.0 Å². The third-order valence-corrected chi connectivity index (χ3v) is 7.65. The molecule has 3 rings (SSSR count). The average Bonchev–Trinajstić information content (AvgIpc) is 2.84. The smallest absolute Gasteiger partial charge is 0.255 e. The topological polar surface area (TPSA) is 94.2 Å². The van der Waals surface area contributed by atoms with Gasteiger partial charge >= 0.3 is 0 Å². The van der Waals surface area contributed by atoms with Crippen molar-refractivity contribution in [3.8, 4) is 11.5 Å². The minimum Gasteiger partial charge on any atom is -0.495 e. The Kier molecular flexibility index (Phi) is 8.71. The van der Waals surface area contributed by atoms with Crippen molar-refractivity contribution in [3.05, 3.63) is 48.0 Å². The molecule has 1 fully saturated rings. The summed E-state index contributed by atoms with van der Waals surface area (Å²) in [5.41, 5.74) is 0.703. The molecule has 0 saturated carbocycles. The fourth-order valence-corrected chi connectivity index (χ4v) is 5.37. The maximum atomic E-state index is 13.1. The predicted octanol–water partition coefficient (Wildman–Crippen LogP) is 3.93. The lowest BCUT2D eigenvalue weighted by molar-refractivity contribution is -0.0109. The van der Waals surface area contributed by atoms with E-state index in [-0.39, 0.29) is 22.3 Å².